The molecule has 1 aliphatic heterocycles. The van der Waals surface area contributed by atoms with Gasteiger partial charge in [-0.05, 0) is 34.5 Å². The van der Waals surface area contributed by atoms with E-state index in [9.17, 15) is 13.2 Å². The van der Waals surface area contributed by atoms with Crippen molar-refractivity contribution in [1.29, 1.82) is 0 Å². The van der Waals surface area contributed by atoms with Crippen LogP contribution in [0.2, 0.25) is 0 Å². The summed E-state index contributed by atoms with van der Waals surface area (Å²) in [5.74, 6) is -0.327. The monoisotopic (exact) mass is 319 g/mol. The third-order valence-electron chi connectivity index (χ3n) is 3.45. The molecule has 0 saturated carbocycles. The standard InChI is InChI=1S/C13H13N5O3S/c1-8-10(12(19)14-13-15-16-17-18(13)2)6-5-9-4-3-7-22(20,21)11(8)9/h3-6H,7H2,1-2H3,(H,14,15,17,19). The van der Waals surface area contributed by atoms with E-state index in [0.29, 0.717) is 11.1 Å². The van der Waals surface area contributed by atoms with Crippen molar-refractivity contribution in [1.82, 2.24) is 20.2 Å². The van der Waals surface area contributed by atoms with Crippen LogP contribution in [-0.4, -0.2) is 40.3 Å². The molecule has 22 heavy (non-hydrogen) atoms. The summed E-state index contributed by atoms with van der Waals surface area (Å²) in [7, 11) is -1.82. The van der Waals surface area contributed by atoms with Crippen LogP contribution < -0.4 is 5.32 Å². The highest BCUT2D eigenvalue weighted by molar-refractivity contribution is 7.91. The van der Waals surface area contributed by atoms with Gasteiger partial charge in [0.25, 0.3) is 5.91 Å². The smallest absolute Gasteiger partial charge is 0.258 e. The highest BCUT2D eigenvalue weighted by atomic mass is 32.2. The number of aromatic nitrogens is 4. The minimum absolute atomic E-state index is 0.0564. The van der Waals surface area contributed by atoms with E-state index in [1.807, 2.05) is 0 Å². The number of nitrogens with zero attached hydrogens (tertiary/aromatic N) is 4. The third kappa shape index (κ3) is 2.29. The normalized spacial score (nSPS) is 15.4. The Labute approximate surface area is 126 Å². The summed E-state index contributed by atoms with van der Waals surface area (Å²) < 4.78 is 25.8. The molecule has 0 spiro atoms. The molecule has 3 rings (SSSR count). The molecule has 0 fully saturated rings. The number of nitrogens with one attached hydrogen (secondary N) is 1. The lowest BCUT2D eigenvalue weighted by Gasteiger charge is -2.16. The SMILES string of the molecule is Cc1c(C(=O)Nc2nnnn2C)ccc2c1S(=O)(=O)CC=C2. The maximum absolute atomic E-state index is 12.3. The summed E-state index contributed by atoms with van der Waals surface area (Å²) in [6.45, 7) is 1.62. The predicted octanol–water partition coefficient (Wildman–Crippen LogP) is 0.571. The van der Waals surface area contributed by atoms with E-state index in [0.717, 1.165) is 0 Å². The van der Waals surface area contributed by atoms with E-state index in [1.54, 1.807) is 38.3 Å². The van der Waals surface area contributed by atoms with Gasteiger partial charge in [0.1, 0.15) is 0 Å². The van der Waals surface area contributed by atoms with Crippen LogP contribution in [0.15, 0.2) is 23.1 Å². The van der Waals surface area contributed by atoms with Crippen LogP contribution in [0.3, 0.4) is 0 Å². The van der Waals surface area contributed by atoms with Gasteiger partial charge in [-0.3, -0.25) is 10.1 Å². The lowest BCUT2D eigenvalue weighted by Crippen LogP contribution is -2.19. The van der Waals surface area contributed by atoms with Crippen molar-refractivity contribution in [2.75, 3.05) is 11.1 Å². The lowest BCUT2D eigenvalue weighted by molar-refractivity contribution is 0.102. The van der Waals surface area contributed by atoms with Crippen molar-refractivity contribution < 1.29 is 13.2 Å². The Morgan fingerprint density at radius 3 is 2.82 bits per heavy atom. The van der Waals surface area contributed by atoms with Gasteiger partial charge in [0.2, 0.25) is 5.95 Å². The first kappa shape index (κ1) is 14.4. The molecule has 0 unspecified atom stereocenters. The molecule has 0 aliphatic carbocycles. The molecular formula is C13H13N5O3S. The number of tetrazole rings is 1. The van der Waals surface area contributed by atoms with E-state index in [1.165, 1.54) is 4.68 Å². The molecule has 9 heteroatoms. The Morgan fingerprint density at radius 2 is 2.14 bits per heavy atom. The quantitative estimate of drug-likeness (QED) is 0.867. The van der Waals surface area contributed by atoms with Crippen molar-refractivity contribution >= 4 is 27.8 Å². The predicted molar refractivity (Wildman–Crippen MR) is 79.0 cm³/mol. The zero-order valence-corrected chi connectivity index (χ0v) is 12.8. The number of anilines is 1. The second-order valence-electron chi connectivity index (χ2n) is 4.92. The minimum Gasteiger partial charge on any atom is -0.289 e. The molecule has 1 aromatic heterocycles. The Kier molecular flexibility index (Phi) is 3.28. The number of amides is 1. The molecule has 1 aliphatic rings. The summed E-state index contributed by atoms with van der Waals surface area (Å²) in [5, 5.41) is 13.3. The highest BCUT2D eigenvalue weighted by Crippen LogP contribution is 2.29. The molecule has 2 aromatic rings. The average molecular weight is 319 g/mol. The van der Waals surface area contributed by atoms with Gasteiger partial charge in [0.05, 0.1) is 10.6 Å². The van der Waals surface area contributed by atoms with E-state index in [2.05, 4.69) is 20.8 Å². The molecular weight excluding hydrogens is 306 g/mol. The van der Waals surface area contributed by atoms with Crippen LogP contribution in [0, 0.1) is 6.92 Å². The van der Waals surface area contributed by atoms with E-state index in [4.69, 9.17) is 0 Å². The molecule has 1 amide bonds. The van der Waals surface area contributed by atoms with Gasteiger partial charge in [-0.1, -0.05) is 23.3 Å². The summed E-state index contributed by atoms with van der Waals surface area (Å²) in [4.78, 5) is 12.6. The molecule has 8 nitrogen and oxygen atoms in total. The fourth-order valence-electron chi connectivity index (χ4n) is 2.39. The van der Waals surface area contributed by atoms with Gasteiger partial charge < -0.3 is 0 Å². The molecule has 0 atom stereocenters. The van der Waals surface area contributed by atoms with Crippen LogP contribution >= 0.6 is 0 Å². The maximum Gasteiger partial charge on any atom is 0.258 e. The first-order valence-electron chi connectivity index (χ1n) is 6.47. The third-order valence-corrected chi connectivity index (χ3v) is 5.25. The van der Waals surface area contributed by atoms with Crippen LogP contribution in [0.4, 0.5) is 5.95 Å². The fraction of sp³-hybridized carbons (Fsp3) is 0.231. The van der Waals surface area contributed by atoms with Gasteiger partial charge in [-0.15, -0.1) is 0 Å². The average Bonchev–Trinajstić information content (AvgIpc) is 2.83. The molecule has 2 heterocycles. The number of rotatable bonds is 2. The van der Waals surface area contributed by atoms with Crippen LogP contribution in [0.25, 0.3) is 6.08 Å². The van der Waals surface area contributed by atoms with Crippen molar-refractivity contribution in [3.8, 4) is 0 Å². The fourth-order valence-corrected chi connectivity index (χ4v) is 3.98. The topological polar surface area (TPSA) is 107 Å². The summed E-state index contributed by atoms with van der Waals surface area (Å²) in [6, 6.07) is 3.22. The summed E-state index contributed by atoms with van der Waals surface area (Å²) in [5.41, 5.74) is 1.30. The number of hydrogen-bond acceptors (Lipinski definition) is 6. The largest absolute Gasteiger partial charge is 0.289 e. The highest BCUT2D eigenvalue weighted by Gasteiger charge is 2.26. The van der Waals surface area contributed by atoms with Crippen LogP contribution in [0.5, 0.6) is 0 Å². The Balaban J connectivity index is 2.05. The molecule has 1 aromatic carbocycles. The number of fused-ring (bicyclic) bond motifs is 1. The second-order valence-corrected chi connectivity index (χ2v) is 6.89. The Morgan fingerprint density at radius 1 is 1.36 bits per heavy atom. The number of sulfone groups is 1. The van der Waals surface area contributed by atoms with Gasteiger partial charge in [0, 0.05) is 12.6 Å². The van der Waals surface area contributed by atoms with Gasteiger partial charge in [-0.2, -0.15) is 0 Å². The molecule has 0 saturated heterocycles. The van der Waals surface area contributed by atoms with Crippen LogP contribution in [-0.2, 0) is 16.9 Å². The minimum atomic E-state index is -3.41. The number of hydrogen-bond donors (Lipinski definition) is 1. The lowest BCUT2D eigenvalue weighted by atomic mass is 10.0. The molecule has 1 N–H and O–H groups in total. The number of carbonyl (C=O) groups excluding carboxylic acids is 1. The maximum atomic E-state index is 12.3. The van der Waals surface area contributed by atoms with Gasteiger partial charge in [0.15, 0.2) is 9.84 Å². The summed E-state index contributed by atoms with van der Waals surface area (Å²) >= 11 is 0. The van der Waals surface area contributed by atoms with E-state index < -0.39 is 15.7 Å². The number of aryl methyl sites for hydroxylation is 1. The zero-order chi connectivity index (χ0) is 15.9. The first-order chi connectivity index (χ1) is 10.4. The van der Waals surface area contributed by atoms with Crippen molar-refractivity contribution in [3.63, 3.8) is 0 Å². The van der Waals surface area contributed by atoms with Crippen molar-refractivity contribution in [2.24, 2.45) is 7.05 Å². The van der Waals surface area contributed by atoms with E-state index in [-0.39, 0.29) is 22.2 Å². The van der Waals surface area contributed by atoms with Gasteiger partial charge in [-0.25, -0.2) is 13.1 Å². The van der Waals surface area contributed by atoms with Crippen molar-refractivity contribution in [2.45, 2.75) is 11.8 Å². The first-order valence-corrected chi connectivity index (χ1v) is 8.12. The zero-order valence-electron chi connectivity index (χ0n) is 11.9. The Hall–Kier alpha value is -2.55. The molecule has 114 valence electrons. The Bertz CT molecular complexity index is 898. The number of carbonyl (C=O) groups is 1. The van der Waals surface area contributed by atoms with E-state index >= 15 is 0 Å². The molecule has 0 bridgehead atoms. The van der Waals surface area contributed by atoms with Gasteiger partial charge >= 0.3 is 0 Å². The van der Waals surface area contributed by atoms with Crippen LogP contribution in [0.1, 0.15) is 21.5 Å². The number of benzene rings is 1. The van der Waals surface area contributed by atoms with Crippen molar-refractivity contribution in [3.05, 3.63) is 34.9 Å². The summed E-state index contributed by atoms with van der Waals surface area (Å²) in [6.07, 6.45) is 3.35. The molecule has 0 radical (unpaired) electrons. The second kappa shape index (κ2) is 5.02.